The first-order chi connectivity index (χ1) is 7.56. The van der Waals surface area contributed by atoms with Gasteiger partial charge in [-0.2, -0.15) is 0 Å². The summed E-state index contributed by atoms with van der Waals surface area (Å²) in [5, 5.41) is 3.63. The van der Waals surface area contributed by atoms with Gasteiger partial charge in [0.2, 0.25) is 0 Å². The van der Waals surface area contributed by atoms with Crippen molar-refractivity contribution in [3.05, 3.63) is 31.8 Å². The second-order valence-corrected chi connectivity index (χ2v) is 6.42. The van der Waals surface area contributed by atoms with Gasteiger partial charge in [0, 0.05) is 14.1 Å². The standard InChI is InChI=1S/C13H19BrIN/c1-4-7-16-13(9(2)3)11-8-10(14)5-6-12(11)15/h5-6,8-9,13,16H,4,7H2,1-3H3. The van der Waals surface area contributed by atoms with E-state index in [4.69, 9.17) is 0 Å². The molecule has 1 atom stereocenters. The van der Waals surface area contributed by atoms with E-state index in [9.17, 15) is 0 Å². The largest absolute Gasteiger partial charge is 0.310 e. The van der Waals surface area contributed by atoms with Crippen LogP contribution in [0.1, 0.15) is 38.8 Å². The van der Waals surface area contributed by atoms with E-state index in [1.165, 1.54) is 15.6 Å². The molecule has 1 aromatic rings. The zero-order valence-corrected chi connectivity index (χ0v) is 13.8. The number of hydrogen-bond donors (Lipinski definition) is 1. The van der Waals surface area contributed by atoms with Gasteiger partial charge in [-0.3, -0.25) is 0 Å². The summed E-state index contributed by atoms with van der Waals surface area (Å²) >= 11 is 5.97. The van der Waals surface area contributed by atoms with E-state index in [-0.39, 0.29) is 0 Å². The van der Waals surface area contributed by atoms with Crippen molar-refractivity contribution in [1.29, 1.82) is 0 Å². The molecule has 1 N–H and O–H groups in total. The maximum Gasteiger partial charge on any atom is 0.0354 e. The lowest BCUT2D eigenvalue weighted by molar-refractivity contribution is 0.411. The molecular formula is C13H19BrIN. The third kappa shape index (κ3) is 4.00. The van der Waals surface area contributed by atoms with Crippen LogP contribution in [-0.2, 0) is 0 Å². The molecule has 1 rings (SSSR count). The van der Waals surface area contributed by atoms with E-state index < -0.39 is 0 Å². The zero-order valence-electron chi connectivity index (χ0n) is 10.1. The highest BCUT2D eigenvalue weighted by Crippen LogP contribution is 2.28. The number of halogens is 2. The number of rotatable bonds is 5. The van der Waals surface area contributed by atoms with Crippen LogP contribution in [0.3, 0.4) is 0 Å². The highest BCUT2D eigenvalue weighted by Gasteiger charge is 2.17. The predicted molar refractivity (Wildman–Crippen MR) is 82.7 cm³/mol. The minimum Gasteiger partial charge on any atom is -0.310 e. The lowest BCUT2D eigenvalue weighted by atomic mass is 9.96. The fourth-order valence-corrected chi connectivity index (χ4v) is 2.81. The van der Waals surface area contributed by atoms with Crippen LogP contribution in [0.25, 0.3) is 0 Å². The minimum atomic E-state index is 0.448. The Kier molecular flexibility index (Phi) is 6.29. The summed E-state index contributed by atoms with van der Waals surface area (Å²) in [5.74, 6) is 0.606. The molecule has 90 valence electrons. The van der Waals surface area contributed by atoms with Crippen LogP contribution in [0.2, 0.25) is 0 Å². The fraction of sp³-hybridized carbons (Fsp3) is 0.538. The van der Waals surface area contributed by atoms with Gasteiger partial charge >= 0.3 is 0 Å². The highest BCUT2D eigenvalue weighted by atomic mass is 127. The lowest BCUT2D eigenvalue weighted by Crippen LogP contribution is -2.27. The van der Waals surface area contributed by atoms with Gasteiger partial charge in [0.1, 0.15) is 0 Å². The van der Waals surface area contributed by atoms with Gasteiger partial charge in [-0.1, -0.05) is 36.7 Å². The Morgan fingerprint density at radius 3 is 2.62 bits per heavy atom. The lowest BCUT2D eigenvalue weighted by Gasteiger charge is -2.24. The molecule has 0 aliphatic heterocycles. The van der Waals surface area contributed by atoms with Crippen LogP contribution < -0.4 is 5.32 Å². The molecule has 0 amide bonds. The van der Waals surface area contributed by atoms with Crippen molar-refractivity contribution in [3.63, 3.8) is 0 Å². The molecule has 0 saturated heterocycles. The Bertz CT molecular complexity index is 339. The smallest absolute Gasteiger partial charge is 0.0354 e. The molecule has 0 heterocycles. The normalized spacial score (nSPS) is 13.1. The van der Waals surface area contributed by atoms with Gasteiger partial charge < -0.3 is 5.32 Å². The Morgan fingerprint density at radius 2 is 2.06 bits per heavy atom. The van der Waals surface area contributed by atoms with Gasteiger partial charge in [0.25, 0.3) is 0 Å². The monoisotopic (exact) mass is 395 g/mol. The third-order valence-corrected chi connectivity index (χ3v) is 4.05. The summed E-state index contributed by atoms with van der Waals surface area (Å²) in [6.07, 6.45) is 1.17. The maximum atomic E-state index is 3.63. The number of nitrogens with one attached hydrogen (secondary N) is 1. The molecule has 3 heteroatoms. The third-order valence-electron chi connectivity index (χ3n) is 2.57. The predicted octanol–water partition coefficient (Wildman–Crippen LogP) is 4.75. The fourth-order valence-electron chi connectivity index (χ4n) is 1.76. The Hall–Kier alpha value is 0.390. The van der Waals surface area contributed by atoms with E-state index >= 15 is 0 Å². The summed E-state index contributed by atoms with van der Waals surface area (Å²) in [6.45, 7) is 7.82. The minimum absolute atomic E-state index is 0.448. The summed E-state index contributed by atoms with van der Waals surface area (Å²) in [7, 11) is 0. The zero-order chi connectivity index (χ0) is 12.1. The van der Waals surface area contributed by atoms with Crippen molar-refractivity contribution >= 4 is 38.5 Å². The maximum absolute atomic E-state index is 3.63. The first-order valence-electron chi connectivity index (χ1n) is 5.74. The van der Waals surface area contributed by atoms with Gasteiger partial charge in [-0.15, -0.1) is 0 Å². The summed E-state index contributed by atoms with van der Waals surface area (Å²) < 4.78 is 2.50. The molecule has 0 aliphatic carbocycles. The molecule has 0 bridgehead atoms. The van der Waals surface area contributed by atoms with Gasteiger partial charge in [0.05, 0.1) is 0 Å². The average Bonchev–Trinajstić information content (AvgIpc) is 2.23. The van der Waals surface area contributed by atoms with Crippen LogP contribution in [0.5, 0.6) is 0 Å². The van der Waals surface area contributed by atoms with Gasteiger partial charge in [0.15, 0.2) is 0 Å². The van der Waals surface area contributed by atoms with E-state index in [1.807, 2.05) is 0 Å². The number of hydrogen-bond acceptors (Lipinski definition) is 1. The molecule has 0 saturated carbocycles. The molecular weight excluding hydrogens is 377 g/mol. The Labute approximate surface area is 121 Å². The van der Waals surface area contributed by atoms with Gasteiger partial charge in [-0.05, 0) is 65.2 Å². The van der Waals surface area contributed by atoms with Gasteiger partial charge in [-0.25, -0.2) is 0 Å². The van der Waals surface area contributed by atoms with E-state index in [0.29, 0.717) is 12.0 Å². The molecule has 1 aromatic carbocycles. The first-order valence-corrected chi connectivity index (χ1v) is 7.61. The molecule has 0 aromatic heterocycles. The Morgan fingerprint density at radius 1 is 1.38 bits per heavy atom. The molecule has 1 nitrogen and oxygen atoms in total. The van der Waals surface area contributed by atoms with Crippen LogP contribution in [0, 0.1) is 9.49 Å². The summed E-state index contributed by atoms with van der Waals surface area (Å²) in [4.78, 5) is 0. The molecule has 16 heavy (non-hydrogen) atoms. The quantitative estimate of drug-likeness (QED) is 0.709. The van der Waals surface area contributed by atoms with E-state index in [2.05, 4.69) is 82.8 Å². The van der Waals surface area contributed by atoms with E-state index in [0.717, 1.165) is 11.0 Å². The van der Waals surface area contributed by atoms with Crippen LogP contribution in [0.15, 0.2) is 22.7 Å². The molecule has 0 radical (unpaired) electrons. The van der Waals surface area contributed by atoms with Crippen LogP contribution in [-0.4, -0.2) is 6.54 Å². The Balaban J connectivity index is 2.95. The SMILES string of the molecule is CCCNC(c1cc(Br)ccc1I)C(C)C. The van der Waals surface area contributed by atoms with Crippen LogP contribution >= 0.6 is 38.5 Å². The highest BCUT2D eigenvalue weighted by molar-refractivity contribution is 14.1. The average molecular weight is 396 g/mol. The van der Waals surface area contributed by atoms with Crippen molar-refractivity contribution in [2.24, 2.45) is 5.92 Å². The van der Waals surface area contributed by atoms with Crippen molar-refractivity contribution in [2.45, 2.75) is 33.2 Å². The summed E-state index contributed by atoms with van der Waals surface area (Å²) in [5.41, 5.74) is 1.40. The van der Waals surface area contributed by atoms with Crippen molar-refractivity contribution < 1.29 is 0 Å². The molecule has 0 aliphatic rings. The molecule has 0 spiro atoms. The van der Waals surface area contributed by atoms with Crippen molar-refractivity contribution in [1.82, 2.24) is 5.32 Å². The van der Waals surface area contributed by atoms with E-state index in [1.54, 1.807) is 0 Å². The molecule has 1 unspecified atom stereocenters. The molecule has 0 fully saturated rings. The second kappa shape index (κ2) is 6.97. The van der Waals surface area contributed by atoms with Crippen molar-refractivity contribution in [2.75, 3.05) is 6.54 Å². The second-order valence-electron chi connectivity index (χ2n) is 4.34. The first kappa shape index (κ1) is 14.5. The van der Waals surface area contributed by atoms with Crippen molar-refractivity contribution in [3.8, 4) is 0 Å². The topological polar surface area (TPSA) is 12.0 Å². The number of benzene rings is 1. The van der Waals surface area contributed by atoms with Crippen LogP contribution in [0.4, 0.5) is 0 Å². The summed E-state index contributed by atoms with van der Waals surface area (Å²) in [6, 6.07) is 6.95.